The molecular weight excluding hydrogens is 419 g/mol. The van der Waals surface area contributed by atoms with Crippen molar-refractivity contribution in [2.75, 3.05) is 5.32 Å². The highest BCUT2D eigenvalue weighted by Crippen LogP contribution is 2.35. The molecule has 0 aliphatic heterocycles. The van der Waals surface area contributed by atoms with E-state index in [0.717, 1.165) is 4.47 Å². The van der Waals surface area contributed by atoms with Crippen molar-refractivity contribution < 1.29 is 4.79 Å². The lowest BCUT2D eigenvalue weighted by atomic mass is 10.2. The zero-order chi connectivity index (χ0) is 14.0. The van der Waals surface area contributed by atoms with Crippen LogP contribution in [0, 0.1) is 0 Å². The Bertz CT molecular complexity index is 650. The Morgan fingerprint density at radius 2 is 1.89 bits per heavy atom. The molecule has 98 valence electrons. The van der Waals surface area contributed by atoms with E-state index in [1.54, 1.807) is 24.4 Å². The van der Waals surface area contributed by atoms with Crippen molar-refractivity contribution >= 4 is 66.7 Å². The highest BCUT2D eigenvalue weighted by molar-refractivity contribution is 9.10. The van der Waals surface area contributed by atoms with Crippen LogP contribution in [0.5, 0.6) is 0 Å². The Labute approximate surface area is 136 Å². The van der Waals surface area contributed by atoms with E-state index in [1.807, 2.05) is 0 Å². The number of aromatic nitrogens is 1. The molecule has 0 atom stereocenters. The summed E-state index contributed by atoms with van der Waals surface area (Å²) in [6.07, 6.45) is 3.06. The maximum absolute atomic E-state index is 12.0. The zero-order valence-corrected chi connectivity index (χ0v) is 13.9. The van der Waals surface area contributed by atoms with Crippen LogP contribution in [0.3, 0.4) is 0 Å². The third-order valence-corrected chi connectivity index (χ3v) is 4.46. The van der Waals surface area contributed by atoms with Gasteiger partial charge >= 0.3 is 0 Å². The summed E-state index contributed by atoms with van der Waals surface area (Å²) >= 11 is 18.6. The predicted molar refractivity (Wildman–Crippen MR) is 84.1 cm³/mol. The zero-order valence-electron chi connectivity index (χ0n) is 9.25. The van der Waals surface area contributed by atoms with Crippen molar-refractivity contribution in [3.05, 3.63) is 55.1 Å². The van der Waals surface area contributed by atoms with Crippen molar-refractivity contribution in [2.24, 2.45) is 0 Å². The first kappa shape index (κ1) is 14.8. The smallest absolute Gasteiger partial charge is 0.257 e. The summed E-state index contributed by atoms with van der Waals surface area (Å²) in [6.45, 7) is 0. The molecule has 0 fully saturated rings. The molecule has 1 heterocycles. The van der Waals surface area contributed by atoms with E-state index in [-0.39, 0.29) is 10.9 Å². The standard InChI is InChI=1S/C12H6Br2Cl2N2O/c13-7-3-6(4-17-5-7)12(19)18-9-2-1-8(14)10(15)11(9)16/h1-5H,(H,18,19). The van der Waals surface area contributed by atoms with E-state index in [4.69, 9.17) is 23.2 Å². The molecular formula is C12H6Br2Cl2N2O. The highest BCUT2D eigenvalue weighted by atomic mass is 79.9. The number of nitrogens with one attached hydrogen (secondary N) is 1. The quantitative estimate of drug-likeness (QED) is 0.676. The number of anilines is 1. The van der Waals surface area contributed by atoms with E-state index >= 15 is 0 Å². The molecule has 1 aromatic carbocycles. The van der Waals surface area contributed by atoms with Gasteiger partial charge in [0.05, 0.1) is 21.3 Å². The number of nitrogens with zero attached hydrogens (tertiary/aromatic N) is 1. The van der Waals surface area contributed by atoms with Gasteiger partial charge in [0.25, 0.3) is 5.91 Å². The van der Waals surface area contributed by atoms with Crippen LogP contribution in [0.15, 0.2) is 39.5 Å². The monoisotopic (exact) mass is 422 g/mol. The van der Waals surface area contributed by atoms with Crippen LogP contribution in [-0.4, -0.2) is 10.9 Å². The molecule has 0 radical (unpaired) electrons. The van der Waals surface area contributed by atoms with E-state index in [0.29, 0.717) is 20.7 Å². The summed E-state index contributed by atoms with van der Waals surface area (Å²) in [7, 11) is 0. The minimum atomic E-state index is -0.311. The third-order valence-electron chi connectivity index (χ3n) is 2.25. The summed E-state index contributed by atoms with van der Waals surface area (Å²) in [5.41, 5.74) is 0.865. The Morgan fingerprint density at radius 3 is 2.58 bits per heavy atom. The number of amides is 1. The molecule has 3 nitrogen and oxygen atoms in total. The largest absolute Gasteiger partial charge is 0.321 e. The van der Waals surface area contributed by atoms with Gasteiger partial charge in [0.2, 0.25) is 0 Å². The molecule has 0 spiro atoms. The summed E-state index contributed by atoms with van der Waals surface area (Å²) in [6, 6.07) is 5.04. The van der Waals surface area contributed by atoms with Crippen molar-refractivity contribution in [2.45, 2.75) is 0 Å². The number of carbonyl (C=O) groups is 1. The topological polar surface area (TPSA) is 42.0 Å². The number of pyridine rings is 1. The van der Waals surface area contributed by atoms with Crippen LogP contribution in [0.25, 0.3) is 0 Å². The first-order valence-electron chi connectivity index (χ1n) is 5.04. The van der Waals surface area contributed by atoms with Gasteiger partial charge in [0.1, 0.15) is 0 Å². The maximum Gasteiger partial charge on any atom is 0.257 e. The first-order valence-corrected chi connectivity index (χ1v) is 7.38. The molecule has 1 N–H and O–H groups in total. The highest BCUT2D eigenvalue weighted by Gasteiger charge is 2.12. The normalized spacial score (nSPS) is 10.3. The number of rotatable bonds is 2. The van der Waals surface area contributed by atoms with Crippen molar-refractivity contribution in [3.8, 4) is 0 Å². The van der Waals surface area contributed by atoms with Gasteiger partial charge in [-0.1, -0.05) is 23.2 Å². The summed E-state index contributed by atoms with van der Waals surface area (Å²) < 4.78 is 1.39. The van der Waals surface area contributed by atoms with Crippen LogP contribution in [0.2, 0.25) is 10.0 Å². The van der Waals surface area contributed by atoms with Crippen molar-refractivity contribution in [1.29, 1.82) is 0 Å². The van der Waals surface area contributed by atoms with Gasteiger partial charge in [-0.3, -0.25) is 9.78 Å². The number of hydrogen-bond donors (Lipinski definition) is 1. The lowest BCUT2D eigenvalue weighted by Crippen LogP contribution is -2.12. The number of carbonyl (C=O) groups excluding carboxylic acids is 1. The summed E-state index contributed by atoms with van der Waals surface area (Å²) in [5, 5.41) is 3.32. The molecule has 1 amide bonds. The number of benzene rings is 1. The summed E-state index contributed by atoms with van der Waals surface area (Å²) in [4.78, 5) is 16.0. The van der Waals surface area contributed by atoms with Gasteiger partial charge in [-0.05, 0) is 50.1 Å². The van der Waals surface area contributed by atoms with Gasteiger partial charge in [0, 0.05) is 21.3 Å². The number of hydrogen-bond acceptors (Lipinski definition) is 2. The molecule has 7 heteroatoms. The second kappa shape index (κ2) is 6.22. The molecule has 0 saturated heterocycles. The Kier molecular flexibility index (Phi) is 4.84. The number of halogens is 4. The van der Waals surface area contributed by atoms with Gasteiger partial charge in [0.15, 0.2) is 0 Å². The molecule has 1 aromatic heterocycles. The van der Waals surface area contributed by atoms with Crippen LogP contribution in [-0.2, 0) is 0 Å². The van der Waals surface area contributed by atoms with E-state index < -0.39 is 0 Å². The van der Waals surface area contributed by atoms with Gasteiger partial charge < -0.3 is 5.32 Å². The van der Waals surface area contributed by atoms with E-state index in [1.165, 1.54) is 6.20 Å². The second-order valence-electron chi connectivity index (χ2n) is 3.57. The molecule has 0 aliphatic carbocycles. The summed E-state index contributed by atoms with van der Waals surface area (Å²) in [5.74, 6) is -0.311. The Balaban J connectivity index is 2.27. The molecule has 0 unspecified atom stereocenters. The average molecular weight is 425 g/mol. The molecule has 19 heavy (non-hydrogen) atoms. The third kappa shape index (κ3) is 3.48. The van der Waals surface area contributed by atoms with Crippen molar-refractivity contribution in [3.63, 3.8) is 0 Å². The molecule has 0 bridgehead atoms. The van der Waals surface area contributed by atoms with Gasteiger partial charge in [-0.25, -0.2) is 0 Å². The minimum Gasteiger partial charge on any atom is -0.321 e. The van der Waals surface area contributed by atoms with E-state index in [2.05, 4.69) is 42.2 Å². The fourth-order valence-electron chi connectivity index (χ4n) is 1.35. The van der Waals surface area contributed by atoms with Crippen LogP contribution >= 0.6 is 55.1 Å². The fourth-order valence-corrected chi connectivity index (χ4v) is 2.54. The van der Waals surface area contributed by atoms with E-state index in [9.17, 15) is 4.79 Å². The first-order chi connectivity index (χ1) is 8.99. The Morgan fingerprint density at radius 1 is 1.16 bits per heavy atom. The fraction of sp³-hybridized carbons (Fsp3) is 0. The maximum atomic E-state index is 12.0. The lowest BCUT2D eigenvalue weighted by Gasteiger charge is -2.09. The molecule has 2 rings (SSSR count). The Hall–Kier alpha value is -0.620. The van der Waals surface area contributed by atoms with Crippen LogP contribution in [0.1, 0.15) is 10.4 Å². The lowest BCUT2D eigenvalue weighted by molar-refractivity contribution is 0.102. The molecule has 2 aromatic rings. The molecule has 0 saturated carbocycles. The van der Waals surface area contributed by atoms with Crippen LogP contribution in [0.4, 0.5) is 5.69 Å². The predicted octanol–water partition coefficient (Wildman–Crippen LogP) is 5.17. The minimum absolute atomic E-state index is 0.285. The van der Waals surface area contributed by atoms with Crippen molar-refractivity contribution in [1.82, 2.24) is 4.98 Å². The average Bonchev–Trinajstić information content (AvgIpc) is 2.39. The van der Waals surface area contributed by atoms with Gasteiger partial charge in [-0.2, -0.15) is 0 Å². The van der Waals surface area contributed by atoms with Gasteiger partial charge in [-0.15, -0.1) is 0 Å². The SMILES string of the molecule is O=C(Nc1ccc(Br)c(Cl)c1Cl)c1cncc(Br)c1. The van der Waals surface area contributed by atoms with Crippen LogP contribution < -0.4 is 5.32 Å². The molecule has 0 aliphatic rings. The second-order valence-corrected chi connectivity index (χ2v) is 6.09.